The van der Waals surface area contributed by atoms with Crippen molar-refractivity contribution in [1.29, 1.82) is 0 Å². The van der Waals surface area contributed by atoms with Gasteiger partial charge in [-0.15, -0.1) is 0 Å². The van der Waals surface area contributed by atoms with Gasteiger partial charge in [-0.1, -0.05) is 24.3 Å². The lowest BCUT2D eigenvalue weighted by Crippen LogP contribution is -2.10. The molecule has 0 fully saturated rings. The summed E-state index contributed by atoms with van der Waals surface area (Å²) < 4.78 is 26.5. The number of aliphatic hydroxyl groups is 1. The third-order valence-corrected chi connectivity index (χ3v) is 4.10. The average molecular weight is 354 g/mol. The molecule has 0 amide bonds. The smallest absolute Gasteiger partial charge is 0.191 e. The SMILES string of the molecule is O=C(CO)c1cnc(CC(c2ccc(F)cc2)c2ccc(F)cc2)nc1. The van der Waals surface area contributed by atoms with Crippen molar-refractivity contribution in [3.05, 3.63) is 95.1 Å². The molecule has 3 aromatic rings. The molecule has 0 aliphatic heterocycles. The van der Waals surface area contributed by atoms with Crippen LogP contribution in [0.15, 0.2) is 60.9 Å². The first-order chi connectivity index (χ1) is 12.6. The number of nitrogens with zero attached hydrogens (tertiary/aromatic N) is 2. The van der Waals surface area contributed by atoms with Gasteiger partial charge in [0, 0.05) is 24.7 Å². The summed E-state index contributed by atoms with van der Waals surface area (Å²) in [4.78, 5) is 19.8. The Bertz CT molecular complexity index is 834. The zero-order valence-electron chi connectivity index (χ0n) is 13.8. The molecule has 132 valence electrons. The fourth-order valence-corrected chi connectivity index (χ4v) is 2.70. The fourth-order valence-electron chi connectivity index (χ4n) is 2.70. The van der Waals surface area contributed by atoms with E-state index in [4.69, 9.17) is 5.11 Å². The van der Waals surface area contributed by atoms with Crippen LogP contribution in [0.1, 0.15) is 33.2 Å². The molecule has 0 bridgehead atoms. The van der Waals surface area contributed by atoms with Crippen molar-refractivity contribution in [2.45, 2.75) is 12.3 Å². The highest BCUT2D eigenvalue weighted by molar-refractivity contribution is 5.96. The Morgan fingerprint density at radius 1 is 0.885 bits per heavy atom. The van der Waals surface area contributed by atoms with Crippen LogP contribution in [-0.2, 0) is 6.42 Å². The third-order valence-electron chi connectivity index (χ3n) is 4.10. The van der Waals surface area contributed by atoms with Crippen molar-refractivity contribution in [3.8, 4) is 0 Å². The molecule has 0 aliphatic carbocycles. The van der Waals surface area contributed by atoms with Gasteiger partial charge in [0.15, 0.2) is 5.78 Å². The number of carbonyl (C=O) groups is 1. The quantitative estimate of drug-likeness (QED) is 0.690. The lowest BCUT2D eigenvalue weighted by Gasteiger charge is -2.17. The minimum Gasteiger partial charge on any atom is -0.388 e. The average Bonchev–Trinajstić information content (AvgIpc) is 2.67. The van der Waals surface area contributed by atoms with E-state index in [-0.39, 0.29) is 23.1 Å². The van der Waals surface area contributed by atoms with Gasteiger partial charge in [-0.3, -0.25) is 4.79 Å². The third kappa shape index (κ3) is 4.15. The molecule has 2 aromatic carbocycles. The summed E-state index contributed by atoms with van der Waals surface area (Å²) in [6.07, 6.45) is 3.13. The summed E-state index contributed by atoms with van der Waals surface area (Å²) in [7, 11) is 0. The van der Waals surface area contributed by atoms with Crippen molar-refractivity contribution >= 4 is 5.78 Å². The van der Waals surface area contributed by atoms with E-state index in [0.717, 1.165) is 11.1 Å². The Labute approximate surface area is 149 Å². The second kappa shape index (κ2) is 7.93. The van der Waals surface area contributed by atoms with Gasteiger partial charge in [0.2, 0.25) is 0 Å². The highest BCUT2D eigenvalue weighted by Gasteiger charge is 2.17. The number of halogens is 2. The first-order valence-corrected chi connectivity index (χ1v) is 8.02. The lowest BCUT2D eigenvalue weighted by atomic mass is 9.88. The van der Waals surface area contributed by atoms with Crippen LogP contribution in [0.25, 0.3) is 0 Å². The molecule has 3 rings (SSSR count). The van der Waals surface area contributed by atoms with E-state index in [1.54, 1.807) is 24.3 Å². The van der Waals surface area contributed by atoms with Crippen molar-refractivity contribution in [3.63, 3.8) is 0 Å². The summed E-state index contributed by atoms with van der Waals surface area (Å²) in [5, 5.41) is 8.88. The van der Waals surface area contributed by atoms with E-state index in [9.17, 15) is 13.6 Å². The largest absolute Gasteiger partial charge is 0.388 e. The van der Waals surface area contributed by atoms with Crippen LogP contribution in [0, 0.1) is 11.6 Å². The van der Waals surface area contributed by atoms with E-state index in [1.165, 1.54) is 36.7 Å². The summed E-state index contributed by atoms with van der Waals surface area (Å²) in [5.41, 5.74) is 1.92. The zero-order chi connectivity index (χ0) is 18.5. The molecule has 26 heavy (non-hydrogen) atoms. The van der Waals surface area contributed by atoms with Gasteiger partial charge in [-0.2, -0.15) is 0 Å². The zero-order valence-corrected chi connectivity index (χ0v) is 13.8. The normalized spacial score (nSPS) is 10.9. The molecule has 1 N–H and O–H groups in total. The number of ketones is 1. The van der Waals surface area contributed by atoms with Gasteiger partial charge < -0.3 is 5.11 Å². The molecule has 0 saturated carbocycles. The van der Waals surface area contributed by atoms with Crippen molar-refractivity contribution < 1.29 is 18.7 Å². The molecule has 0 atom stereocenters. The van der Waals surface area contributed by atoms with Crippen LogP contribution in [0.4, 0.5) is 8.78 Å². The Morgan fingerprint density at radius 3 is 1.77 bits per heavy atom. The van der Waals surface area contributed by atoms with Crippen LogP contribution in [0.3, 0.4) is 0 Å². The first kappa shape index (κ1) is 17.8. The Morgan fingerprint density at radius 2 is 1.35 bits per heavy atom. The number of Topliss-reactive ketones (excluding diaryl/α,β-unsaturated/α-hetero) is 1. The maximum Gasteiger partial charge on any atom is 0.191 e. The number of rotatable bonds is 6. The number of benzene rings is 2. The lowest BCUT2D eigenvalue weighted by molar-refractivity contribution is 0.0903. The minimum atomic E-state index is -0.601. The Kier molecular flexibility index (Phi) is 5.43. The van der Waals surface area contributed by atoms with Crippen LogP contribution in [0.5, 0.6) is 0 Å². The highest BCUT2D eigenvalue weighted by atomic mass is 19.1. The van der Waals surface area contributed by atoms with E-state index >= 15 is 0 Å². The van der Waals surface area contributed by atoms with Crippen LogP contribution < -0.4 is 0 Å². The molecule has 0 saturated heterocycles. The van der Waals surface area contributed by atoms with E-state index in [0.29, 0.717) is 12.2 Å². The van der Waals surface area contributed by atoms with E-state index < -0.39 is 12.4 Å². The summed E-state index contributed by atoms with van der Waals surface area (Å²) >= 11 is 0. The van der Waals surface area contributed by atoms with E-state index in [1.807, 2.05) is 0 Å². The van der Waals surface area contributed by atoms with Gasteiger partial charge in [-0.05, 0) is 35.4 Å². The van der Waals surface area contributed by atoms with Gasteiger partial charge >= 0.3 is 0 Å². The van der Waals surface area contributed by atoms with Crippen molar-refractivity contribution in [1.82, 2.24) is 9.97 Å². The monoisotopic (exact) mass is 354 g/mol. The predicted octanol–water partition coefficient (Wildman–Crippen LogP) is 3.30. The summed E-state index contributed by atoms with van der Waals surface area (Å²) in [6.45, 7) is -0.601. The summed E-state index contributed by atoms with van der Waals surface area (Å²) in [5.74, 6) is -0.844. The molecule has 0 aliphatic rings. The molecule has 1 heterocycles. The standard InChI is InChI=1S/C20H16F2N2O2/c21-16-5-1-13(2-6-16)18(14-3-7-17(22)8-4-14)9-20-23-10-15(11-24-20)19(26)12-25/h1-8,10-11,18,25H,9,12H2. The number of aliphatic hydroxyl groups excluding tert-OH is 1. The molecule has 4 nitrogen and oxygen atoms in total. The van der Waals surface area contributed by atoms with Crippen LogP contribution in [-0.4, -0.2) is 27.5 Å². The maximum atomic E-state index is 13.3. The maximum absolute atomic E-state index is 13.3. The molecule has 0 unspecified atom stereocenters. The van der Waals surface area contributed by atoms with Gasteiger partial charge in [-0.25, -0.2) is 18.7 Å². The van der Waals surface area contributed by atoms with Gasteiger partial charge in [0.25, 0.3) is 0 Å². The molecule has 0 spiro atoms. The summed E-state index contributed by atoms with van der Waals surface area (Å²) in [6, 6.07) is 12.2. The Hall–Kier alpha value is -2.99. The molecular weight excluding hydrogens is 338 g/mol. The van der Waals surface area contributed by atoms with Crippen LogP contribution >= 0.6 is 0 Å². The molecule has 6 heteroatoms. The number of aromatic nitrogens is 2. The van der Waals surface area contributed by atoms with Crippen LogP contribution in [0.2, 0.25) is 0 Å². The van der Waals surface area contributed by atoms with Gasteiger partial charge in [0.1, 0.15) is 24.1 Å². The fraction of sp³-hybridized carbons (Fsp3) is 0.150. The predicted molar refractivity (Wildman–Crippen MR) is 91.8 cm³/mol. The molecular formula is C20H16F2N2O2. The number of carbonyl (C=O) groups excluding carboxylic acids is 1. The molecule has 1 aromatic heterocycles. The van der Waals surface area contributed by atoms with Crippen molar-refractivity contribution in [2.75, 3.05) is 6.61 Å². The number of hydrogen-bond acceptors (Lipinski definition) is 4. The van der Waals surface area contributed by atoms with Crippen molar-refractivity contribution in [2.24, 2.45) is 0 Å². The minimum absolute atomic E-state index is 0.199. The Balaban J connectivity index is 1.91. The second-order valence-corrected chi connectivity index (χ2v) is 5.83. The number of hydrogen-bond donors (Lipinski definition) is 1. The molecule has 0 radical (unpaired) electrons. The highest BCUT2D eigenvalue weighted by Crippen LogP contribution is 2.28. The topological polar surface area (TPSA) is 63.1 Å². The second-order valence-electron chi connectivity index (χ2n) is 5.83. The first-order valence-electron chi connectivity index (χ1n) is 8.02. The van der Waals surface area contributed by atoms with E-state index in [2.05, 4.69) is 9.97 Å². The van der Waals surface area contributed by atoms with Gasteiger partial charge in [0.05, 0.1) is 5.56 Å².